The predicted molar refractivity (Wildman–Crippen MR) is 140 cm³/mol. The second-order valence-electron chi connectivity index (χ2n) is 8.93. The van der Waals surface area contributed by atoms with Gasteiger partial charge in [0.15, 0.2) is 10.9 Å². The molecule has 1 saturated heterocycles. The number of rotatable bonds is 8. The quantitative estimate of drug-likeness (QED) is 0.314. The zero-order valence-electron chi connectivity index (χ0n) is 20.4. The Morgan fingerprint density at radius 2 is 1.97 bits per heavy atom. The lowest BCUT2D eigenvalue weighted by Gasteiger charge is -2.21. The number of likely N-dealkylation sites (N-methyl/N-ethyl adjacent to an activating group) is 1. The van der Waals surface area contributed by atoms with Crippen molar-refractivity contribution in [2.24, 2.45) is 0 Å². The number of sulfonamides is 1. The summed E-state index contributed by atoms with van der Waals surface area (Å²) in [5.74, 6) is -2.04. The number of nitrogens with zero attached hydrogens (tertiary/aromatic N) is 4. The zero-order chi connectivity index (χ0) is 26.9. The van der Waals surface area contributed by atoms with E-state index in [9.17, 15) is 22.0 Å². The normalized spacial score (nSPS) is 15.8. The van der Waals surface area contributed by atoms with Gasteiger partial charge in [-0.15, -0.1) is 0 Å². The van der Waals surface area contributed by atoms with E-state index >= 15 is 0 Å². The van der Waals surface area contributed by atoms with Gasteiger partial charge in [-0.25, -0.2) is 22.2 Å². The number of hydrogen-bond donors (Lipinski definition) is 0. The van der Waals surface area contributed by atoms with Crippen LogP contribution in [0.3, 0.4) is 0 Å². The molecule has 2 aromatic carbocycles. The van der Waals surface area contributed by atoms with Crippen LogP contribution in [-0.4, -0.2) is 54.9 Å². The molecule has 0 bridgehead atoms. The van der Waals surface area contributed by atoms with Crippen molar-refractivity contribution in [3.8, 4) is 0 Å². The molecule has 0 spiro atoms. The van der Waals surface area contributed by atoms with Crippen molar-refractivity contribution in [2.45, 2.75) is 30.4 Å². The molecule has 1 atom stereocenters. The van der Waals surface area contributed by atoms with Gasteiger partial charge in [-0.05, 0) is 54.8 Å². The fourth-order valence-electron chi connectivity index (χ4n) is 4.24. The molecule has 38 heavy (non-hydrogen) atoms. The first-order valence-electron chi connectivity index (χ1n) is 11.9. The van der Waals surface area contributed by atoms with Crippen LogP contribution >= 0.6 is 11.3 Å². The Balaban J connectivity index is 1.44. The van der Waals surface area contributed by atoms with Crippen LogP contribution in [0.25, 0.3) is 10.2 Å². The second kappa shape index (κ2) is 10.8. The SMILES string of the molecule is CN(CC1CCCO1)S(=O)(=O)c1ccc(C(=O)N(Cc2cccnc2)c2nc3c(F)cc(F)cc3s2)cc1. The standard InChI is InChI=1S/C26H24F2N4O4S2/c1-31(16-20-5-3-11-36-20)38(34,35)21-8-6-18(7-9-21)25(33)32(15-17-4-2-10-29-14-17)26-30-24-22(28)12-19(27)13-23(24)37-26/h2,4,6-10,12-14,20H,3,5,11,15-16H2,1H3. The largest absolute Gasteiger partial charge is 0.377 e. The number of ether oxygens (including phenoxy) is 1. The van der Waals surface area contributed by atoms with E-state index < -0.39 is 27.6 Å². The van der Waals surface area contributed by atoms with E-state index in [2.05, 4.69) is 9.97 Å². The van der Waals surface area contributed by atoms with Crippen molar-refractivity contribution in [1.82, 2.24) is 14.3 Å². The minimum absolute atomic E-state index is 0.0360. The van der Waals surface area contributed by atoms with Crippen LogP contribution in [0.15, 0.2) is 65.8 Å². The van der Waals surface area contributed by atoms with Crippen molar-refractivity contribution in [3.05, 3.63) is 83.7 Å². The highest BCUT2D eigenvalue weighted by molar-refractivity contribution is 7.89. The number of anilines is 1. The highest BCUT2D eigenvalue weighted by Gasteiger charge is 2.27. The topological polar surface area (TPSA) is 92.7 Å². The average Bonchev–Trinajstić information content (AvgIpc) is 3.57. The highest BCUT2D eigenvalue weighted by atomic mass is 32.2. The van der Waals surface area contributed by atoms with E-state index in [0.717, 1.165) is 30.2 Å². The number of benzene rings is 2. The number of halogens is 2. The second-order valence-corrected chi connectivity index (χ2v) is 12.0. The summed E-state index contributed by atoms with van der Waals surface area (Å²) >= 11 is 0.981. The predicted octanol–water partition coefficient (Wildman–Crippen LogP) is 4.62. The maximum absolute atomic E-state index is 14.3. The molecule has 1 fully saturated rings. The Morgan fingerprint density at radius 3 is 2.66 bits per heavy atom. The molecule has 2 aromatic heterocycles. The van der Waals surface area contributed by atoms with Crippen LogP contribution in [-0.2, 0) is 21.3 Å². The minimum Gasteiger partial charge on any atom is -0.377 e. The molecule has 0 radical (unpaired) electrons. The first-order chi connectivity index (χ1) is 18.2. The van der Waals surface area contributed by atoms with Gasteiger partial charge in [0.25, 0.3) is 5.91 Å². The molecule has 5 rings (SSSR count). The number of aromatic nitrogens is 2. The third kappa shape index (κ3) is 5.44. The zero-order valence-corrected chi connectivity index (χ0v) is 22.0. The van der Waals surface area contributed by atoms with E-state index in [1.807, 2.05) is 0 Å². The summed E-state index contributed by atoms with van der Waals surface area (Å²) in [6.45, 7) is 0.943. The Labute approximate surface area is 222 Å². The molecule has 4 aromatic rings. The van der Waals surface area contributed by atoms with Gasteiger partial charge in [-0.2, -0.15) is 4.31 Å². The summed E-state index contributed by atoms with van der Waals surface area (Å²) in [5, 5.41) is 0.173. The van der Waals surface area contributed by atoms with E-state index in [1.54, 1.807) is 24.5 Å². The third-order valence-corrected chi connectivity index (χ3v) is 9.10. The van der Waals surface area contributed by atoms with Crippen LogP contribution in [0.4, 0.5) is 13.9 Å². The van der Waals surface area contributed by atoms with Gasteiger partial charge in [0.05, 0.1) is 22.2 Å². The number of carbonyl (C=O) groups excluding carboxylic acids is 1. The highest BCUT2D eigenvalue weighted by Crippen LogP contribution is 2.33. The first-order valence-corrected chi connectivity index (χ1v) is 14.1. The van der Waals surface area contributed by atoms with Gasteiger partial charge in [0.2, 0.25) is 10.0 Å². The monoisotopic (exact) mass is 558 g/mol. The summed E-state index contributed by atoms with van der Waals surface area (Å²) in [6, 6.07) is 11.0. The van der Waals surface area contributed by atoms with Gasteiger partial charge in [0, 0.05) is 44.2 Å². The van der Waals surface area contributed by atoms with Crippen LogP contribution in [0, 0.1) is 11.6 Å². The van der Waals surface area contributed by atoms with Crippen molar-refractivity contribution in [2.75, 3.05) is 25.1 Å². The van der Waals surface area contributed by atoms with Gasteiger partial charge >= 0.3 is 0 Å². The third-order valence-electron chi connectivity index (χ3n) is 6.24. The van der Waals surface area contributed by atoms with Crippen molar-refractivity contribution >= 4 is 42.6 Å². The molecule has 0 aliphatic carbocycles. The first kappa shape index (κ1) is 26.3. The van der Waals surface area contributed by atoms with Gasteiger partial charge < -0.3 is 4.74 Å². The number of hydrogen-bond acceptors (Lipinski definition) is 7. The number of carbonyl (C=O) groups is 1. The Hall–Kier alpha value is -3.32. The Kier molecular flexibility index (Phi) is 7.48. The molecular weight excluding hydrogens is 534 g/mol. The molecule has 12 heteroatoms. The summed E-state index contributed by atoms with van der Waals surface area (Å²) < 4.78 is 61.3. The molecule has 1 aliphatic rings. The average molecular weight is 559 g/mol. The molecule has 1 aliphatic heterocycles. The fraction of sp³-hybridized carbons (Fsp3) is 0.269. The fourth-order valence-corrected chi connectivity index (χ4v) is 6.45. The summed E-state index contributed by atoms with van der Waals surface area (Å²) in [7, 11) is -2.28. The van der Waals surface area contributed by atoms with Gasteiger partial charge in [0.1, 0.15) is 11.3 Å². The maximum Gasteiger partial charge on any atom is 0.260 e. The van der Waals surface area contributed by atoms with Crippen LogP contribution in [0.1, 0.15) is 28.8 Å². The number of fused-ring (bicyclic) bond motifs is 1. The number of amides is 1. The van der Waals surface area contributed by atoms with Crippen molar-refractivity contribution < 1.29 is 26.7 Å². The molecule has 1 amide bonds. The molecule has 3 heterocycles. The molecule has 0 saturated carbocycles. The summed E-state index contributed by atoms with van der Waals surface area (Å²) in [4.78, 5) is 23.4. The molecule has 8 nitrogen and oxygen atoms in total. The van der Waals surface area contributed by atoms with Gasteiger partial charge in [-0.1, -0.05) is 17.4 Å². The van der Waals surface area contributed by atoms with E-state index in [-0.39, 0.29) is 45.0 Å². The minimum atomic E-state index is -3.78. The maximum atomic E-state index is 14.3. The Bertz CT molecular complexity index is 1560. The number of pyridine rings is 1. The van der Waals surface area contributed by atoms with Crippen LogP contribution in [0.2, 0.25) is 0 Å². The van der Waals surface area contributed by atoms with Crippen molar-refractivity contribution in [3.63, 3.8) is 0 Å². The van der Waals surface area contributed by atoms with Crippen LogP contribution < -0.4 is 4.90 Å². The molecule has 0 N–H and O–H groups in total. The van der Waals surface area contributed by atoms with Crippen molar-refractivity contribution in [1.29, 1.82) is 0 Å². The van der Waals surface area contributed by atoms with Gasteiger partial charge in [-0.3, -0.25) is 14.7 Å². The van der Waals surface area contributed by atoms with E-state index in [0.29, 0.717) is 12.2 Å². The molecular formula is C26H24F2N4O4S2. The Morgan fingerprint density at radius 1 is 1.18 bits per heavy atom. The van der Waals surface area contributed by atoms with Crippen LogP contribution in [0.5, 0.6) is 0 Å². The lowest BCUT2D eigenvalue weighted by atomic mass is 10.2. The molecule has 198 valence electrons. The molecule has 1 unspecified atom stereocenters. The lowest BCUT2D eigenvalue weighted by Crippen LogP contribution is -2.34. The smallest absolute Gasteiger partial charge is 0.260 e. The summed E-state index contributed by atoms with van der Waals surface area (Å²) in [6.07, 6.45) is 4.76. The number of thiazole rings is 1. The lowest BCUT2D eigenvalue weighted by molar-refractivity contribution is 0.0978. The van der Waals surface area contributed by atoms with E-state index in [4.69, 9.17) is 4.74 Å². The summed E-state index contributed by atoms with van der Waals surface area (Å²) in [5.41, 5.74) is 0.869. The van der Waals surface area contributed by atoms with E-state index in [1.165, 1.54) is 46.6 Å².